The molecule has 1 atom stereocenters. The molecule has 2 aromatic carbocycles. The summed E-state index contributed by atoms with van der Waals surface area (Å²) in [5.41, 5.74) is 0.498. The Morgan fingerprint density at radius 1 is 1.03 bits per heavy atom. The number of rotatable bonds is 10. The van der Waals surface area contributed by atoms with Gasteiger partial charge in [0.2, 0.25) is 11.5 Å². The van der Waals surface area contributed by atoms with Crippen LogP contribution in [-0.4, -0.2) is 71.7 Å². The molecule has 9 nitrogen and oxygen atoms in total. The van der Waals surface area contributed by atoms with Gasteiger partial charge < -0.3 is 33.9 Å². The number of hydrogen-bond donors (Lipinski definition) is 1. The van der Waals surface area contributed by atoms with Crippen LogP contribution < -0.4 is 29.0 Å². The minimum absolute atomic E-state index is 0.164. The molecule has 194 valence electrons. The number of carbonyl (C=O) groups excluding carboxylic acids is 2. The van der Waals surface area contributed by atoms with Crippen LogP contribution in [0.5, 0.6) is 23.0 Å². The number of Topliss-reactive ketones (excluding diaryl/α,β-unsaturated/α-hetero) is 1. The number of nitrogens with one attached hydrogen (secondary N) is 1. The third-order valence-corrected chi connectivity index (χ3v) is 6.17. The highest BCUT2D eigenvalue weighted by Gasteiger charge is 2.45. The molecule has 0 spiro atoms. The van der Waals surface area contributed by atoms with E-state index in [2.05, 4.69) is 0 Å². The lowest BCUT2D eigenvalue weighted by Crippen LogP contribution is -3.06. The molecule has 3 rings (SSSR count). The highest BCUT2D eigenvalue weighted by Crippen LogP contribution is 2.45. The fourth-order valence-electron chi connectivity index (χ4n) is 4.12. The zero-order valence-corrected chi connectivity index (χ0v) is 22.0. The van der Waals surface area contributed by atoms with Gasteiger partial charge in [0.25, 0.3) is 5.91 Å². The zero-order chi connectivity index (χ0) is 26.6. The van der Waals surface area contributed by atoms with Gasteiger partial charge in [-0.25, -0.2) is 0 Å². The van der Waals surface area contributed by atoms with Crippen LogP contribution >= 0.6 is 11.6 Å². The molecule has 10 heteroatoms. The smallest absolute Gasteiger partial charge is 0.295 e. The molecule has 1 saturated heterocycles. The molecule has 1 aliphatic heterocycles. The summed E-state index contributed by atoms with van der Waals surface area (Å²) in [6.07, 6.45) is 0. The maximum atomic E-state index is 13.7. The molecule has 0 aliphatic carbocycles. The first-order valence-electron chi connectivity index (χ1n) is 11.5. The summed E-state index contributed by atoms with van der Waals surface area (Å²) in [4.78, 5) is 28.9. The number of likely N-dealkylation sites (tertiary alicyclic amines) is 1. The van der Waals surface area contributed by atoms with E-state index in [0.29, 0.717) is 41.7 Å². The van der Waals surface area contributed by atoms with Gasteiger partial charge in [0.1, 0.15) is 5.75 Å². The number of benzene rings is 2. The Hall–Kier alpha value is -3.43. The van der Waals surface area contributed by atoms with Crippen molar-refractivity contribution in [3.8, 4) is 23.0 Å². The van der Waals surface area contributed by atoms with Gasteiger partial charge in [0, 0.05) is 5.57 Å². The molecular weight excluding hydrogens is 488 g/mol. The number of hydrogen-bond acceptors (Lipinski definition) is 7. The highest BCUT2D eigenvalue weighted by molar-refractivity contribution is 6.46. The standard InChI is InChI=1S/C26H31ClN2O7/c1-7-36-18-9-8-15(12-17(18)27)23(30)21-22(29(11-10-28(2)3)26(32)24(21)31)16-13-19(33-4)25(35-6)20(14-16)34-5/h8-9,12-14,22,30H,7,10-11H2,1-6H3. The van der Waals surface area contributed by atoms with Crippen molar-refractivity contribution in [3.05, 3.63) is 52.1 Å². The molecule has 1 N–H and O–H groups in total. The number of ether oxygens (including phenoxy) is 4. The van der Waals surface area contributed by atoms with Crippen LogP contribution in [0.2, 0.25) is 5.02 Å². The molecule has 0 saturated carbocycles. The summed E-state index contributed by atoms with van der Waals surface area (Å²) >= 11 is 6.30. The monoisotopic (exact) mass is 518 g/mol. The Bertz CT molecular complexity index is 1150. The number of ketones is 1. The van der Waals surface area contributed by atoms with Gasteiger partial charge in [0.15, 0.2) is 11.5 Å². The summed E-state index contributed by atoms with van der Waals surface area (Å²) in [5, 5.41) is 13.9. The van der Waals surface area contributed by atoms with E-state index >= 15 is 0 Å². The van der Waals surface area contributed by atoms with Gasteiger partial charge in [0.05, 0.1) is 66.2 Å². The van der Waals surface area contributed by atoms with Gasteiger partial charge >= 0.3 is 0 Å². The number of quaternary nitrogens is 1. The molecular formula is C26H31ClN2O7. The van der Waals surface area contributed by atoms with E-state index in [4.69, 9.17) is 30.5 Å². The minimum atomic E-state index is -0.948. The van der Waals surface area contributed by atoms with E-state index in [1.807, 2.05) is 21.0 Å². The van der Waals surface area contributed by atoms with Crippen molar-refractivity contribution in [3.63, 3.8) is 0 Å². The summed E-state index contributed by atoms with van der Waals surface area (Å²) in [6, 6.07) is 6.89. The van der Waals surface area contributed by atoms with Crippen LogP contribution in [0.4, 0.5) is 0 Å². The van der Waals surface area contributed by atoms with E-state index in [0.717, 1.165) is 4.90 Å². The van der Waals surface area contributed by atoms with Crippen molar-refractivity contribution in [2.45, 2.75) is 13.0 Å². The molecule has 0 radical (unpaired) electrons. The normalized spacial score (nSPS) is 17.0. The maximum Gasteiger partial charge on any atom is 0.295 e. The van der Waals surface area contributed by atoms with Crippen LogP contribution in [0.1, 0.15) is 24.1 Å². The Kier molecular flexibility index (Phi) is 8.70. The van der Waals surface area contributed by atoms with Crippen LogP contribution in [-0.2, 0) is 9.59 Å². The predicted molar refractivity (Wildman–Crippen MR) is 133 cm³/mol. The Balaban J connectivity index is 2.24. The lowest BCUT2D eigenvalue weighted by molar-refractivity contribution is -0.857. The second kappa shape index (κ2) is 11.5. The molecule has 36 heavy (non-hydrogen) atoms. The van der Waals surface area contributed by atoms with Gasteiger partial charge in [-0.15, -0.1) is 0 Å². The van der Waals surface area contributed by atoms with Gasteiger partial charge in [-0.3, -0.25) is 9.59 Å². The lowest BCUT2D eigenvalue weighted by atomic mass is 9.94. The minimum Gasteiger partial charge on any atom is -0.872 e. The number of amides is 1. The molecule has 1 heterocycles. The quantitative estimate of drug-likeness (QED) is 0.286. The number of methoxy groups -OCH3 is 3. The van der Waals surface area contributed by atoms with E-state index in [1.54, 1.807) is 18.2 Å². The Morgan fingerprint density at radius 2 is 1.67 bits per heavy atom. The Labute approximate surface area is 215 Å². The van der Waals surface area contributed by atoms with E-state index in [1.165, 1.54) is 38.4 Å². The van der Waals surface area contributed by atoms with Gasteiger partial charge in [-0.2, -0.15) is 0 Å². The van der Waals surface area contributed by atoms with Gasteiger partial charge in [-0.1, -0.05) is 23.4 Å². The fraction of sp³-hybridized carbons (Fsp3) is 0.385. The molecule has 1 amide bonds. The zero-order valence-electron chi connectivity index (χ0n) is 21.3. The van der Waals surface area contributed by atoms with Crippen LogP contribution in [0.25, 0.3) is 5.76 Å². The first kappa shape index (κ1) is 27.2. The molecule has 0 bridgehead atoms. The van der Waals surface area contributed by atoms with Crippen LogP contribution in [0.15, 0.2) is 35.9 Å². The van der Waals surface area contributed by atoms with Crippen molar-refractivity contribution in [2.75, 3.05) is 55.1 Å². The maximum absolute atomic E-state index is 13.7. The lowest BCUT2D eigenvalue weighted by Gasteiger charge is -2.28. The van der Waals surface area contributed by atoms with E-state index in [-0.39, 0.29) is 22.7 Å². The molecule has 1 aliphatic rings. The number of carbonyl (C=O) groups is 2. The average molecular weight is 519 g/mol. The summed E-state index contributed by atoms with van der Waals surface area (Å²) in [5.74, 6) is -0.716. The molecule has 0 aromatic heterocycles. The summed E-state index contributed by atoms with van der Waals surface area (Å²) in [7, 11) is 8.29. The van der Waals surface area contributed by atoms with Gasteiger partial charge in [-0.05, 0) is 42.3 Å². The topological polar surface area (TPSA) is 102 Å². The summed E-state index contributed by atoms with van der Waals surface area (Å²) in [6.45, 7) is 3.05. The number of nitrogens with zero attached hydrogens (tertiary/aromatic N) is 1. The SMILES string of the molecule is CCOc1ccc(C([O-])=C2C(=O)C(=O)N(CC[NH+](C)C)C2c2cc(OC)c(OC)c(OC)c2)cc1Cl. The van der Waals surface area contributed by atoms with Crippen molar-refractivity contribution in [1.82, 2.24) is 4.90 Å². The highest BCUT2D eigenvalue weighted by atomic mass is 35.5. The molecule has 2 aromatic rings. The first-order valence-corrected chi connectivity index (χ1v) is 11.8. The fourth-order valence-corrected chi connectivity index (χ4v) is 4.36. The van der Waals surface area contributed by atoms with Crippen molar-refractivity contribution < 1.29 is 38.5 Å². The van der Waals surface area contributed by atoms with Crippen molar-refractivity contribution >= 4 is 29.1 Å². The average Bonchev–Trinajstić information content (AvgIpc) is 3.12. The van der Waals surface area contributed by atoms with Crippen molar-refractivity contribution in [2.24, 2.45) is 0 Å². The van der Waals surface area contributed by atoms with Crippen LogP contribution in [0, 0.1) is 0 Å². The second-order valence-electron chi connectivity index (χ2n) is 8.47. The Morgan fingerprint density at radius 3 is 2.17 bits per heavy atom. The van der Waals surface area contributed by atoms with Crippen LogP contribution in [0.3, 0.4) is 0 Å². The van der Waals surface area contributed by atoms with Crippen molar-refractivity contribution in [1.29, 1.82) is 0 Å². The van der Waals surface area contributed by atoms with E-state index < -0.39 is 23.5 Å². The van der Waals surface area contributed by atoms with E-state index in [9.17, 15) is 14.7 Å². The second-order valence-corrected chi connectivity index (χ2v) is 8.87. The third kappa shape index (κ3) is 5.22. The third-order valence-electron chi connectivity index (χ3n) is 5.88. The number of halogens is 1. The molecule has 1 fully saturated rings. The predicted octanol–water partition coefficient (Wildman–Crippen LogP) is 1.13. The molecule has 1 unspecified atom stereocenters. The number of likely N-dealkylation sites (N-methyl/N-ethyl adjacent to an activating group) is 1. The summed E-state index contributed by atoms with van der Waals surface area (Å²) < 4.78 is 21.8. The first-order chi connectivity index (χ1) is 17.2. The largest absolute Gasteiger partial charge is 0.872 e.